The highest BCUT2D eigenvalue weighted by atomic mass is 19.1. The van der Waals surface area contributed by atoms with Gasteiger partial charge in [0.2, 0.25) is 0 Å². The predicted octanol–water partition coefficient (Wildman–Crippen LogP) is 1.28. The summed E-state index contributed by atoms with van der Waals surface area (Å²) < 4.78 is 16.7. The van der Waals surface area contributed by atoms with Crippen LogP contribution in [0.15, 0.2) is 24.5 Å². The molecule has 0 unspecified atom stereocenters. The van der Waals surface area contributed by atoms with E-state index in [2.05, 4.69) is 15.3 Å². The van der Waals surface area contributed by atoms with E-state index in [9.17, 15) is 9.18 Å². The van der Waals surface area contributed by atoms with Gasteiger partial charge in [-0.15, -0.1) is 0 Å². The number of alkyl halides is 1. The zero-order chi connectivity index (χ0) is 12.8. The molecule has 0 saturated heterocycles. The molecule has 0 saturated carbocycles. The van der Waals surface area contributed by atoms with Crippen molar-refractivity contribution in [1.82, 2.24) is 15.3 Å². The Morgan fingerprint density at radius 2 is 2.33 bits per heavy atom. The van der Waals surface area contributed by atoms with Gasteiger partial charge in [0.15, 0.2) is 0 Å². The fraction of sp³-hybridized carbons (Fsp3) is 0.333. The van der Waals surface area contributed by atoms with Crippen molar-refractivity contribution in [1.29, 1.82) is 0 Å². The molecule has 2 N–H and O–H groups in total. The number of halogens is 1. The molecule has 1 aromatic heterocycles. The van der Waals surface area contributed by atoms with Crippen molar-refractivity contribution in [3.05, 3.63) is 30.1 Å². The molecule has 96 valence electrons. The number of carbonyl (C=O) groups excluding carboxylic acids is 1. The SMILES string of the molecule is O=C(NCCOCCF)c1ccc2nc[nH]c2c1. The van der Waals surface area contributed by atoms with Gasteiger partial charge >= 0.3 is 0 Å². The van der Waals surface area contributed by atoms with Crippen molar-refractivity contribution >= 4 is 16.9 Å². The van der Waals surface area contributed by atoms with Gasteiger partial charge in [-0.1, -0.05) is 0 Å². The van der Waals surface area contributed by atoms with Gasteiger partial charge in [0.25, 0.3) is 5.91 Å². The molecule has 2 aromatic rings. The second kappa shape index (κ2) is 6.11. The van der Waals surface area contributed by atoms with Crippen molar-refractivity contribution in [2.24, 2.45) is 0 Å². The summed E-state index contributed by atoms with van der Waals surface area (Å²) in [5.41, 5.74) is 2.19. The van der Waals surface area contributed by atoms with Crippen LogP contribution < -0.4 is 5.32 Å². The molecule has 0 spiro atoms. The minimum atomic E-state index is -0.509. The minimum absolute atomic E-state index is 0.0655. The number of H-pyrrole nitrogens is 1. The summed E-state index contributed by atoms with van der Waals surface area (Å²) >= 11 is 0. The maximum absolute atomic E-state index is 11.8. The number of benzene rings is 1. The fourth-order valence-corrected chi connectivity index (χ4v) is 1.57. The van der Waals surface area contributed by atoms with E-state index in [0.29, 0.717) is 18.7 Å². The van der Waals surface area contributed by atoms with Crippen LogP contribution in [0.3, 0.4) is 0 Å². The zero-order valence-corrected chi connectivity index (χ0v) is 9.78. The standard InChI is InChI=1S/C12H14FN3O2/c13-3-5-18-6-4-14-12(17)9-1-2-10-11(7-9)16-8-15-10/h1-2,7-8H,3-6H2,(H,14,17)(H,15,16). The summed E-state index contributed by atoms with van der Waals surface area (Å²) in [5.74, 6) is -0.185. The fourth-order valence-electron chi connectivity index (χ4n) is 1.57. The van der Waals surface area contributed by atoms with Crippen LogP contribution in [0, 0.1) is 0 Å². The molecule has 2 rings (SSSR count). The third-order valence-electron chi connectivity index (χ3n) is 2.44. The number of aromatic nitrogens is 2. The molecule has 6 heteroatoms. The number of amides is 1. The van der Waals surface area contributed by atoms with Crippen LogP contribution in [-0.4, -0.2) is 42.3 Å². The van der Waals surface area contributed by atoms with E-state index in [0.717, 1.165) is 11.0 Å². The molecular formula is C12H14FN3O2. The Morgan fingerprint density at radius 3 is 3.17 bits per heavy atom. The topological polar surface area (TPSA) is 67.0 Å². The molecule has 0 atom stereocenters. The molecule has 0 bridgehead atoms. The van der Waals surface area contributed by atoms with Crippen LogP contribution >= 0.6 is 0 Å². The Morgan fingerprint density at radius 1 is 1.44 bits per heavy atom. The van der Waals surface area contributed by atoms with Crippen LogP contribution in [0.1, 0.15) is 10.4 Å². The normalized spacial score (nSPS) is 10.7. The Labute approximate surface area is 103 Å². The number of nitrogens with zero attached hydrogens (tertiary/aromatic N) is 1. The van der Waals surface area contributed by atoms with Gasteiger partial charge in [-0.2, -0.15) is 0 Å². The lowest BCUT2D eigenvalue weighted by atomic mass is 10.2. The number of hydrogen-bond donors (Lipinski definition) is 2. The minimum Gasteiger partial charge on any atom is -0.377 e. The first kappa shape index (κ1) is 12.5. The Hall–Kier alpha value is -1.95. The number of ether oxygens (including phenoxy) is 1. The van der Waals surface area contributed by atoms with Gasteiger partial charge in [0.1, 0.15) is 6.67 Å². The monoisotopic (exact) mass is 251 g/mol. The molecule has 0 fully saturated rings. The molecule has 1 aromatic carbocycles. The number of fused-ring (bicyclic) bond motifs is 1. The van der Waals surface area contributed by atoms with Crippen molar-refractivity contribution in [3.63, 3.8) is 0 Å². The molecule has 18 heavy (non-hydrogen) atoms. The Bertz CT molecular complexity index is 527. The quantitative estimate of drug-likeness (QED) is 0.760. The highest BCUT2D eigenvalue weighted by Gasteiger charge is 2.06. The van der Waals surface area contributed by atoms with E-state index < -0.39 is 6.67 Å². The van der Waals surface area contributed by atoms with E-state index in [4.69, 9.17) is 4.74 Å². The third-order valence-corrected chi connectivity index (χ3v) is 2.44. The summed E-state index contributed by atoms with van der Waals surface area (Å²) in [4.78, 5) is 18.8. The summed E-state index contributed by atoms with van der Waals surface area (Å²) in [6.07, 6.45) is 1.58. The van der Waals surface area contributed by atoms with E-state index in [-0.39, 0.29) is 12.5 Å². The van der Waals surface area contributed by atoms with Crippen molar-refractivity contribution in [3.8, 4) is 0 Å². The molecule has 0 aliphatic rings. The Balaban J connectivity index is 1.88. The lowest BCUT2D eigenvalue weighted by Crippen LogP contribution is -2.27. The van der Waals surface area contributed by atoms with Crippen LogP contribution in [-0.2, 0) is 4.74 Å². The maximum Gasteiger partial charge on any atom is 0.251 e. The van der Waals surface area contributed by atoms with Gasteiger partial charge in [-0.3, -0.25) is 4.79 Å². The predicted molar refractivity (Wildman–Crippen MR) is 65.2 cm³/mol. The molecule has 0 aliphatic heterocycles. The largest absolute Gasteiger partial charge is 0.377 e. The summed E-state index contributed by atoms with van der Waals surface area (Å²) in [5, 5.41) is 2.69. The third kappa shape index (κ3) is 3.04. The number of nitrogens with one attached hydrogen (secondary N) is 2. The number of aromatic amines is 1. The van der Waals surface area contributed by atoms with Gasteiger partial charge in [0.05, 0.1) is 30.6 Å². The first-order chi connectivity index (χ1) is 8.81. The van der Waals surface area contributed by atoms with E-state index in [1.165, 1.54) is 0 Å². The van der Waals surface area contributed by atoms with Crippen LogP contribution in [0.2, 0.25) is 0 Å². The summed E-state index contributed by atoms with van der Waals surface area (Å²) in [6.45, 7) is 0.224. The highest BCUT2D eigenvalue weighted by Crippen LogP contribution is 2.11. The smallest absolute Gasteiger partial charge is 0.251 e. The highest BCUT2D eigenvalue weighted by molar-refractivity contribution is 5.97. The molecule has 5 nitrogen and oxygen atoms in total. The van der Waals surface area contributed by atoms with Crippen molar-refractivity contribution in [2.75, 3.05) is 26.4 Å². The average Bonchev–Trinajstić information content (AvgIpc) is 2.85. The van der Waals surface area contributed by atoms with Crippen molar-refractivity contribution in [2.45, 2.75) is 0 Å². The van der Waals surface area contributed by atoms with Gasteiger partial charge in [-0.25, -0.2) is 9.37 Å². The maximum atomic E-state index is 11.8. The van der Waals surface area contributed by atoms with Gasteiger partial charge < -0.3 is 15.0 Å². The first-order valence-corrected chi connectivity index (χ1v) is 5.66. The first-order valence-electron chi connectivity index (χ1n) is 5.66. The van der Waals surface area contributed by atoms with Crippen LogP contribution in [0.4, 0.5) is 4.39 Å². The Kier molecular flexibility index (Phi) is 4.25. The zero-order valence-electron chi connectivity index (χ0n) is 9.78. The lowest BCUT2D eigenvalue weighted by Gasteiger charge is -2.05. The summed E-state index contributed by atoms with van der Waals surface area (Å²) in [6, 6.07) is 5.22. The lowest BCUT2D eigenvalue weighted by molar-refractivity contribution is 0.0902. The average molecular weight is 251 g/mol. The molecule has 0 aliphatic carbocycles. The summed E-state index contributed by atoms with van der Waals surface area (Å²) in [7, 11) is 0. The van der Waals surface area contributed by atoms with E-state index in [1.54, 1.807) is 24.5 Å². The van der Waals surface area contributed by atoms with Gasteiger partial charge in [-0.05, 0) is 18.2 Å². The van der Waals surface area contributed by atoms with Gasteiger partial charge in [0, 0.05) is 12.1 Å². The van der Waals surface area contributed by atoms with E-state index >= 15 is 0 Å². The van der Waals surface area contributed by atoms with Crippen molar-refractivity contribution < 1.29 is 13.9 Å². The number of rotatable bonds is 6. The van der Waals surface area contributed by atoms with Crippen LogP contribution in [0.25, 0.3) is 11.0 Å². The second-order valence-corrected chi connectivity index (χ2v) is 3.69. The van der Waals surface area contributed by atoms with E-state index in [1.807, 2.05) is 0 Å². The molecule has 1 heterocycles. The number of carbonyl (C=O) groups is 1. The molecule has 0 radical (unpaired) electrons. The number of hydrogen-bond acceptors (Lipinski definition) is 3. The molecular weight excluding hydrogens is 237 g/mol. The molecule has 1 amide bonds. The number of imidazole rings is 1. The van der Waals surface area contributed by atoms with Crippen LogP contribution in [0.5, 0.6) is 0 Å². The second-order valence-electron chi connectivity index (χ2n) is 3.69.